The average molecular weight is 307 g/mol. The van der Waals surface area contributed by atoms with E-state index >= 15 is 0 Å². The molecule has 1 aromatic carbocycles. The fraction of sp³-hybridized carbons (Fsp3) is 0.154. The summed E-state index contributed by atoms with van der Waals surface area (Å²) in [5.41, 5.74) is -4.37. The number of pyridine rings is 1. The topological polar surface area (TPSA) is 32.9 Å². The van der Waals surface area contributed by atoms with Crippen LogP contribution in [0.5, 0.6) is 0 Å². The molecular formula is C13H7F6NO. The fourth-order valence-corrected chi connectivity index (χ4v) is 1.84. The quantitative estimate of drug-likeness (QED) is 0.791. The van der Waals surface area contributed by atoms with Crippen LogP contribution in [-0.4, -0.2) is 4.98 Å². The molecular weight excluding hydrogens is 300 g/mol. The van der Waals surface area contributed by atoms with E-state index in [1.54, 1.807) is 0 Å². The van der Waals surface area contributed by atoms with Crippen LogP contribution in [0.15, 0.2) is 41.3 Å². The number of hydrogen-bond acceptors (Lipinski definition) is 1. The summed E-state index contributed by atoms with van der Waals surface area (Å²) in [6.45, 7) is 0. The van der Waals surface area contributed by atoms with Crippen molar-refractivity contribution in [3.63, 3.8) is 0 Å². The van der Waals surface area contributed by atoms with Gasteiger partial charge in [0.25, 0.3) is 5.56 Å². The molecule has 2 nitrogen and oxygen atoms in total. The lowest BCUT2D eigenvalue weighted by Gasteiger charge is -2.12. The predicted octanol–water partition coefficient (Wildman–Crippen LogP) is 4.08. The first-order chi connectivity index (χ1) is 9.60. The third-order valence-electron chi connectivity index (χ3n) is 2.77. The van der Waals surface area contributed by atoms with Crippen molar-refractivity contribution in [3.05, 3.63) is 58.0 Å². The molecule has 0 amide bonds. The lowest BCUT2D eigenvalue weighted by molar-refractivity contribution is -0.138. The number of halogens is 6. The van der Waals surface area contributed by atoms with Crippen molar-refractivity contribution in [3.8, 4) is 11.1 Å². The molecule has 0 atom stereocenters. The highest BCUT2D eigenvalue weighted by Gasteiger charge is 2.37. The first-order valence-electron chi connectivity index (χ1n) is 5.57. The summed E-state index contributed by atoms with van der Waals surface area (Å²) in [6, 6.07) is 4.11. The van der Waals surface area contributed by atoms with Gasteiger partial charge in [-0.3, -0.25) is 4.79 Å². The van der Waals surface area contributed by atoms with Crippen LogP contribution >= 0.6 is 0 Å². The molecule has 112 valence electrons. The van der Waals surface area contributed by atoms with E-state index in [1.165, 1.54) is 0 Å². The number of benzene rings is 1. The SMILES string of the molecule is O=c1[nH]ccc(-c2ccc(C(F)(F)F)cc2)c1C(F)(F)F. The molecule has 0 radical (unpaired) electrons. The Morgan fingerprint density at radius 2 is 1.38 bits per heavy atom. The number of hydrogen-bond donors (Lipinski definition) is 1. The number of H-pyrrole nitrogens is 1. The highest BCUT2D eigenvalue weighted by molar-refractivity contribution is 5.67. The normalized spacial score (nSPS) is 12.5. The van der Waals surface area contributed by atoms with Gasteiger partial charge < -0.3 is 4.98 Å². The summed E-state index contributed by atoms with van der Waals surface area (Å²) < 4.78 is 75.8. The number of rotatable bonds is 1. The van der Waals surface area contributed by atoms with Crippen molar-refractivity contribution in [1.29, 1.82) is 0 Å². The van der Waals surface area contributed by atoms with Crippen LogP contribution < -0.4 is 5.56 Å². The molecule has 8 heteroatoms. The van der Waals surface area contributed by atoms with Gasteiger partial charge in [0.05, 0.1) is 5.56 Å². The van der Waals surface area contributed by atoms with Crippen LogP contribution in [0.1, 0.15) is 11.1 Å². The van der Waals surface area contributed by atoms with Crippen LogP contribution in [0.3, 0.4) is 0 Å². The summed E-state index contributed by atoms with van der Waals surface area (Å²) in [6.07, 6.45) is -8.49. The molecule has 0 unspecified atom stereocenters. The van der Waals surface area contributed by atoms with Crippen molar-refractivity contribution in [2.45, 2.75) is 12.4 Å². The van der Waals surface area contributed by atoms with Gasteiger partial charge >= 0.3 is 12.4 Å². The Hall–Kier alpha value is -2.25. The molecule has 1 aromatic heterocycles. The van der Waals surface area contributed by atoms with Crippen LogP contribution in [0.2, 0.25) is 0 Å². The monoisotopic (exact) mass is 307 g/mol. The van der Waals surface area contributed by atoms with Crippen LogP contribution in [-0.2, 0) is 12.4 Å². The Balaban J connectivity index is 2.58. The van der Waals surface area contributed by atoms with E-state index in [2.05, 4.69) is 0 Å². The maximum Gasteiger partial charge on any atom is 0.422 e. The number of aromatic nitrogens is 1. The van der Waals surface area contributed by atoms with Crippen LogP contribution in [0.4, 0.5) is 26.3 Å². The first-order valence-corrected chi connectivity index (χ1v) is 5.57. The van der Waals surface area contributed by atoms with E-state index < -0.39 is 34.6 Å². The van der Waals surface area contributed by atoms with Gasteiger partial charge in [0.15, 0.2) is 0 Å². The highest BCUT2D eigenvalue weighted by atomic mass is 19.4. The Morgan fingerprint density at radius 3 is 1.86 bits per heavy atom. The molecule has 0 fully saturated rings. The minimum absolute atomic E-state index is 0.124. The fourth-order valence-electron chi connectivity index (χ4n) is 1.84. The Bertz CT molecular complexity index is 696. The molecule has 0 bridgehead atoms. The summed E-state index contributed by atoms with van der Waals surface area (Å²) in [4.78, 5) is 13.2. The van der Waals surface area contributed by atoms with Gasteiger partial charge in [-0.25, -0.2) is 0 Å². The molecule has 21 heavy (non-hydrogen) atoms. The average Bonchev–Trinajstić information content (AvgIpc) is 2.36. The van der Waals surface area contributed by atoms with Crippen molar-refractivity contribution >= 4 is 0 Å². The third-order valence-corrected chi connectivity index (χ3v) is 2.77. The molecule has 0 aliphatic carbocycles. The van der Waals surface area contributed by atoms with Crippen molar-refractivity contribution in [2.24, 2.45) is 0 Å². The van der Waals surface area contributed by atoms with E-state index in [9.17, 15) is 31.1 Å². The zero-order valence-corrected chi connectivity index (χ0v) is 10.1. The first kappa shape index (κ1) is 15.1. The maximum atomic E-state index is 12.9. The lowest BCUT2D eigenvalue weighted by Crippen LogP contribution is -2.22. The van der Waals surface area contributed by atoms with E-state index in [0.717, 1.165) is 24.4 Å². The van der Waals surface area contributed by atoms with Gasteiger partial charge in [0.2, 0.25) is 0 Å². The van der Waals surface area contributed by atoms with Gasteiger partial charge in [-0.05, 0) is 23.8 Å². The molecule has 2 aromatic rings. The minimum Gasteiger partial charge on any atom is -0.329 e. The molecule has 0 aliphatic rings. The molecule has 1 heterocycles. The summed E-state index contributed by atoms with van der Waals surface area (Å²) >= 11 is 0. The molecule has 0 aliphatic heterocycles. The smallest absolute Gasteiger partial charge is 0.329 e. The van der Waals surface area contributed by atoms with E-state index in [4.69, 9.17) is 0 Å². The van der Waals surface area contributed by atoms with E-state index in [1.807, 2.05) is 4.98 Å². The Morgan fingerprint density at radius 1 is 0.810 bits per heavy atom. The standard InChI is InChI=1S/C13H7F6NO/c14-12(15,16)8-3-1-7(2-4-8)9-5-6-20-11(21)10(9)13(17,18)19/h1-6H,(H,20,21). The Kier molecular flexibility index (Phi) is 3.56. The second-order valence-corrected chi connectivity index (χ2v) is 4.17. The highest BCUT2D eigenvalue weighted by Crippen LogP contribution is 2.36. The van der Waals surface area contributed by atoms with Crippen LogP contribution in [0.25, 0.3) is 11.1 Å². The predicted molar refractivity (Wildman–Crippen MR) is 62.5 cm³/mol. The van der Waals surface area contributed by atoms with Crippen LogP contribution in [0, 0.1) is 0 Å². The summed E-state index contributed by atoms with van der Waals surface area (Å²) in [7, 11) is 0. The zero-order valence-electron chi connectivity index (χ0n) is 10.1. The van der Waals surface area contributed by atoms with Gasteiger partial charge in [0.1, 0.15) is 5.56 Å². The number of alkyl halides is 6. The number of nitrogens with one attached hydrogen (secondary N) is 1. The van der Waals surface area contributed by atoms with Gasteiger partial charge in [-0.15, -0.1) is 0 Å². The maximum absolute atomic E-state index is 12.9. The minimum atomic E-state index is -4.91. The van der Waals surface area contributed by atoms with Gasteiger partial charge in [-0.2, -0.15) is 26.3 Å². The van der Waals surface area contributed by atoms with Crippen molar-refractivity contribution in [1.82, 2.24) is 4.98 Å². The Labute approximate surface area is 114 Å². The lowest BCUT2D eigenvalue weighted by atomic mass is 10.00. The summed E-state index contributed by atoms with van der Waals surface area (Å²) in [5.74, 6) is 0. The number of aromatic amines is 1. The zero-order chi connectivity index (χ0) is 15.8. The van der Waals surface area contributed by atoms with E-state index in [-0.39, 0.29) is 5.56 Å². The molecule has 0 spiro atoms. The molecule has 1 N–H and O–H groups in total. The van der Waals surface area contributed by atoms with Crippen molar-refractivity contribution in [2.75, 3.05) is 0 Å². The molecule has 2 rings (SSSR count). The summed E-state index contributed by atoms with van der Waals surface area (Å²) in [5, 5.41) is 0. The second-order valence-electron chi connectivity index (χ2n) is 4.17. The second kappa shape index (κ2) is 4.94. The van der Waals surface area contributed by atoms with Crippen molar-refractivity contribution < 1.29 is 26.3 Å². The van der Waals surface area contributed by atoms with Gasteiger partial charge in [0, 0.05) is 11.8 Å². The third kappa shape index (κ3) is 3.09. The molecule has 0 saturated heterocycles. The van der Waals surface area contributed by atoms with Gasteiger partial charge in [-0.1, -0.05) is 12.1 Å². The largest absolute Gasteiger partial charge is 0.422 e. The molecule has 0 saturated carbocycles. The van der Waals surface area contributed by atoms with E-state index in [0.29, 0.717) is 12.1 Å².